The Morgan fingerprint density at radius 3 is 2.63 bits per heavy atom. The summed E-state index contributed by atoms with van der Waals surface area (Å²) in [5, 5.41) is 5.04. The number of esters is 1. The van der Waals surface area contributed by atoms with E-state index in [0.717, 1.165) is 11.4 Å². The van der Waals surface area contributed by atoms with E-state index in [4.69, 9.17) is 16.3 Å². The first-order valence-electron chi connectivity index (χ1n) is 9.33. The third-order valence-corrected chi connectivity index (χ3v) is 5.12. The first-order chi connectivity index (χ1) is 13.0. The largest absolute Gasteiger partial charge is 0.466 e. The van der Waals surface area contributed by atoms with Crippen molar-refractivity contribution in [1.82, 2.24) is 14.7 Å². The van der Waals surface area contributed by atoms with Crippen LogP contribution in [0.15, 0.2) is 30.5 Å². The van der Waals surface area contributed by atoms with Crippen molar-refractivity contribution in [2.75, 3.05) is 19.7 Å². The van der Waals surface area contributed by atoms with E-state index in [1.54, 1.807) is 28.8 Å². The highest BCUT2D eigenvalue weighted by molar-refractivity contribution is 6.30. The Labute approximate surface area is 164 Å². The molecule has 2 heterocycles. The SMILES string of the molecule is CCOC(=O)C1CCN(C(=O)c2cnn(-c3cccc(Cl)c3)c2CC)CC1. The number of hydrogen-bond donors (Lipinski definition) is 0. The number of ether oxygens (including phenoxy) is 1. The lowest BCUT2D eigenvalue weighted by Crippen LogP contribution is -2.40. The van der Waals surface area contributed by atoms with Crippen molar-refractivity contribution in [1.29, 1.82) is 0 Å². The second-order valence-electron chi connectivity index (χ2n) is 6.57. The van der Waals surface area contributed by atoms with Gasteiger partial charge < -0.3 is 9.64 Å². The van der Waals surface area contributed by atoms with Gasteiger partial charge in [-0.1, -0.05) is 24.6 Å². The Balaban J connectivity index is 1.75. The van der Waals surface area contributed by atoms with Gasteiger partial charge in [0.2, 0.25) is 0 Å². The van der Waals surface area contributed by atoms with Crippen molar-refractivity contribution < 1.29 is 14.3 Å². The van der Waals surface area contributed by atoms with E-state index < -0.39 is 0 Å². The molecular formula is C20H24ClN3O3. The number of likely N-dealkylation sites (tertiary alicyclic amines) is 1. The topological polar surface area (TPSA) is 64.4 Å². The van der Waals surface area contributed by atoms with Gasteiger partial charge in [0.25, 0.3) is 5.91 Å². The van der Waals surface area contributed by atoms with Crippen LogP contribution in [0.25, 0.3) is 5.69 Å². The summed E-state index contributed by atoms with van der Waals surface area (Å²) in [5.74, 6) is -0.316. The van der Waals surface area contributed by atoms with Crippen LogP contribution in [0.3, 0.4) is 0 Å². The number of carbonyl (C=O) groups excluding carboxylic acids is 2. The fraction of sp³-hybridized carbons (Fsp3) is 0.450. The van der Waals surface area contributed by atoms with Crippen LogP contribution in [-0.2, 0) is 16.0 Å². The lowest BCUT2D eigenvalue weighted by Gasteiger charge is -2.30. The second kappa shape index (κ2) is 8.57. The summed E-state index contributed by atoms with van der Waals surface area (Å²) in [6.45, 7) is 5.30. The zero-order chi connectivity index (χ0) is 19.4. The van der Waals surface area contributed by atoms with E-state index in [1.165, 1.54) is 0 Å². The molecule has 6 nitrogen and oxygen atoms in total. The third kappa shape index (κ3) is 4.16. The molecule has 1 aliphatic heterocycles. The van der Waals surface area contributed by atoms with E-state index >= 15 is 0 Å². The molecular weight excluding hydrogens is 366 g/mol. The maximum atomic E-state index is 13.0. The van der Waals surface area contributed by atoms with Crippen LogP contribution in [0, 0.1) is 5.92 Å². The fourth-order valence-corrected chi connectivity index (χ4v) is 3.66. The predicted molar refractivity (Wildman–Crippen MR) is 103 cm³/mol. The van der Waals surface area contributed by atoms with E-state index in [2.05, 4.69) is 5.10 Å². The molecule has 0 bridgehead atoms. The van der Waals surface area contributed by atoms with Crippen molar-refractivity contribution in [3.8, 4) is 5.69 Å². The van der Waals surface area contributed by atoms with Crippen LogP contribution in [0.4, 0.5) is 0 Å². The van der Waals surface area contributed by atoms with Crippen LogP contribution in [-0.4, -0.2) is 46.3 Å². The van der Waals surface area contributed by atoms with Gasteiger partial charge in [-0.05, 0) is 44.4 Å². The van der Waals surface area contributed by atoms with Crippen molar-refractivity contribution in [3.05, 3.63) is 46.7 Å². The maximum absolute atomic E-state index is 13.0. The summed E-state index contributed by atoms with van der Waals surface area (Å²) >= 11 is 6.09. The monoisotopic (exact) mass is 389 g/mol. The van der Waals surface area contributed by atoms with Gasteiger partial charge in [0.1, 0.15) is 0 Å². The van der Waals surface area contributed by atoms with E-state index in [-0.39, 0.29) is 17.8 Å². The zero-order valence-corrected chi connectivity index (χ0v) is 16.4. The molecule has 1 amide bonds. The Morgan fingerprint density at radius 2 is 2.00 bits per heavy atom. The molecule has 1 fully saturated rings. The highest BCUT2D eigenvalue weighted by atomic mass is 35.5. The fourth-order valence-electron chi connectivity index (χ4n) is 3.47. The van der Waals surface area contributed by atoms with Gasteiger partial charge >= 0.3 is 5.97 Å². The lowest BCUT2D eigenvalue weighted by atomic mass is 9.96. The molecule has 7 heteroatoms. The maximum Gasteiger partial charge on any atom is 0.309 e. The minimum absolute atomic E-state index is 0.0394. The number of halogens is 1. The average Bonchev–Trinajstić information content (AvgIpc) is 3.12. The van der Waals surface area contributed by atoms with Gasteiger partial charge in [0.05, 0.1) is 35.7 Å². The number of aromatic nitrogens is 2. The van der Waals surface area contributed by atoms with Gasteiger partial charge in [0, 0.05) is 18.1 Å². The standard InChI is InChI=1S/C20H24ClN3O3/c1-3-18-17(13-22-24(18)16-7-5-6-15(21)12-16)19(25)23-10-8-14(9-11-23)20(26)27-4-2/h5-7,12-14H,3-4,8-11H2,1-2H3. The molecule has 3 rings (SSSR count). The van der Waals surface area contributed by atoms with Gasteiger partial charge in [-0.15, -0.1) is 0 Å². The highest BCUT2D eigenvalue weighted by Gasteiger charge is 2.30. The van der Waals surface area contributed by atoms with E-state index in [9.17, 15) is 9.59 Å². The number of rotatable bonds is 5. The molecule has 0 saturated carbocycles. The molecule has 1 aliphatic rings. The summed E-state index contributed by atoms with van der Waals surface area (Å²) in [6.07, 6.45) is 3.56. The van der Waals surface area contributed by atoms with Crippen LogP contribution >= 0.6 is 11.6 Å². The quantitative estimate of drug-likeness (QED) is 0.734. The second-order valence-corrected chi connectivity index (χ2v) is 7.01. The molecule has 1 aromatic heterocycles. The Bertz CT molecular complexity index is 826. The van der Waals surface area contributed by atoms with Gasteiger partial charge in [-0.3, -0.25) is 9.59 Å². The number of amides is 1. The zero-order valence-electron chi connectivity index (χ0n) is 15.7. The van der Waals surface area contributed by atoms with Crippen molar-refractivity contribution in [2.24, 2.45) is 5.92 Å². The smallest absolute Gasteiger partial charge is 0.309 e. The van der Waals surface area contributed by atoms with Crippen LogP contribution in [0.1, 0.15) is 42.7 Å². The lowest BCUT2D eigenvalue weighted by molar-refractivity contribution is -0.149. The van der Waals surface area contributed by atoms with Gasteiger partial charge in [0.15, 0.2) is 0 Å². The van der Waals surface area contributed by atoms with Gasteiger partial charge in [-0.25, -0.2) is 4.68 Å². The molecule has 1 saturated heterocycles. The van der Waals surface area contributed by atoms with E-state index in [1.807, 2.05) is 25.1 Å². The molecule has 0 atom stereocenters. The van der Waals surface area contributed by atoms with Crippen LogP contribution in [0.2, 0.25) is 5.02 Å². The molecule has 0 N–H and O–H groups in total. The highest BCUT2D eigenvalue weighted by Crippen LogP contribution is 2.23. The van der Waals surface area contributed by atoms with Crippen molar-refractivity contribution in [2.45, 2.75) is 33.1 Å². The van der Waals surface area contributed by atoms with Crippen molar-refractivity contribution in [3.63, 3.8) is 0 Å². The first kappa shape index (κ1) is 19.4. The molecule has 144 valence electrons. The van der Waals surface area contributed by atoms with Crippen molar-refractivity contribution >= 4 is 23.5 Å². The molecule has 0 spiro atoms. The summed E-state index contributed by atoms with van der Waals surface area (Å²) in [7, 11) is 0. The molecule has 0 radical (unpaired) electrons. The molecule has 27 heavy (non-hydrogen) atoms. The number of nitrogens with zero attached hydrogens (tertiary/aromatic N) is 3. The summed E-state index contributed by atoms with van der Waals surface area (Å²) in [5.41, 5.74) is 2.29. The Hall–Kier alpha value is -2.34. The molecule has 0 unspecified atom stereocenters. The summed E-state index contributed by atoms with van der Waals surface area (Å²) in [6, 6.07) is 7.41. The molecule has 2 aromatic rings. The van der Waals surface area contributed by atoms with E-state index in [0.29, 0.717) is 49.5 Å². The minimum Gasteiger partial charge on any atom is -0.466 e. The average molecular weight is 390 g/mol. The number of piperidine rings is 1. The summed E-state index contributed by atoms with van der Waals surface area (Å²) in [4.78, 5) is 26.7. The van der Waals surface area contributed by atoms with Crippen LogP contribution in [0.5, 0.6) is 0 Å². The number of hydrogen-bond acceptors (Lipinski definition) is 4. The molecule has 1 aromatic carbocycles. The predicted octanol–water partition coefficient (Wildman–Crippen LogP) is 3.50. The first-order valence-corrected chi connectivity index (χ1v) is 9.71. The number of carbonyl (C=O) groups is 2. The van der Waals surface area contributed by atoms with Gasteiger partial charge in [-0.2, -0.15) is 5.10 Å². The number of benzene rings is 1. The molecule has 0 aliphatic carbocycles. The Kier molecular flexibility index (Phi) is 6.16. The van der Waals surface area contributed by atoms with Crippen LogP contribution < -0.4 is 0 Å². The summed E-state index contributed by atoms with van der Waals surface area (Å²) < 4.78 is 6.86. The Morgan fingerprint density at radius 1 is 1.26 bits per heavy atom. The minimum atomic E-state index is -0.160. The third-order valence-electron chi connectivity index (χ3n) is 4.89. The normalized spacial score (nSPS) is 15.0.